The molecular weight excluding hydrogens is 316 g/mol. The Morgan fingerprint density at radius 2 is 1.76 bits per heavy atom. The van der Waals surface area contributed by atoms with Crippen LogP contribution in [-0.2, 0) is 19.3 Å². The maximum atomic E-state index is 13.3. The van der Waals surface area contributed by atoms with Crippen molar-refractivity contribution >= 4 is 5.97 Å². The fourth-order valence-electron chi connectivity index (χ4n) is 6.11. The molecule has 4 heteroatoms. The molecule has 3 fully saturated rings. The summed E-state index contributed by atoms with van der Waals surface area (Å²) >= 11 is 0. The number of hydrogen-bond acceptors (Lipinski definition) is 4. The molecule has 0 aliphatic heterocycles. The lowest BCUT2D eigenvalue weighted by atomic mass is 9.74. The lowest BCUT2D eigenvalue weighted by Gasteiger charge is -2.43. The Kier molecular flexibility index (Phi) is 5.19. The molecule has 0 heterocycles. The third-order valence-electron chi connectivity index (χ3n) is 7.38. The number of hydrogen-bond donors (Lipinski definition) is 0. The van der Waals surface area contributed by atoms with Crippen molar-refractivity contribution in [1.82, 2.24) is 0 Å². The molecule has 0 radical (unpaired) electrons. The molecule has 0 aromatic carbocycles. The molecule has 0 aromatic rings. The van der Waals surface area contributed by atoms with Gasteiger partial charge in [-0.15, -0.1) is 0 Å². The monoisotopic (exact) mass is 348 g/mol. The van der Waals surface area contributed by atoms with Gasteiger partial charge in [-0.05, 0) is 62.7 Å². The van der Waals surface area contributed by atoms with Crippen molar-refractivity contribution in [3.8, 4) is 0 Å². The molecule has 4 atom stereocenters. The zero-order chi connectivity index (χ0) is 17.3. The number of ether oxygens (including phenoxy) is 1. The van der Waals surface area contributed by atoms with E-state index in [9.17, 15) is 4.79 Å². The van der Waals surface area contributed by atoms with Crippen LogP contribution in [0.3, 0.4) is 0 Å². The van der Waals surface area contributed by atoms with Gasteiger partial charge in [-0.2, -0.15) is 0 Å². The molecular formula is C21H32O4. The average Bonchev–Trinajstić information content (AvgIpc) is 3.37. The highest BCUT2D eigenvalue weighted by Crippen LogP contribution is 2.51. The van der Waals surface area contributed by atoms with Crippen LogP contribution in [0.1, 0.15) is 64.2 Å². The average molecular weight is 348 g/mol. The summed E-state index contributed by atoms with van der Waals surface area (Å²) in [5, 5.41) is 0. The van der Waals surface area contributed by atoms with Gasteiger partial charge in [0.15, 0.2) is 0 Å². The van der Waals surface area contributed by atoms with E-state index in [4.69, 9.17) is 14.5 Å². The van der Waals surface area contributed by atoms with Crippen molar-refractivity contribution in [3.05, 3.63) is 12.2 Å². The van der Waals surface area contributed by atoms with E-state index in [0.29, 0.717) is 24.4 Å². The van der Waals surface area contributed by atoms with Gasteiger partial charge in [-0.1, -0.05) is 31.4 Å². The Morgan fingerprint density at radius 3 is 2.48 bits per heavy atom. The summed E-state index contributed by atoms with van der Waals surface area (Å²) in [7, 11) is 1.54. The maximum absolute atomic E-state index is 13.3. The fourth-order valence-corrected chi connectivity index (χ4v) is 6.11. The van der Waals surface area contributed by atoms with E-state index in [2.05, 4.69) is 12.2 Å². The molecule has 2 bridgehead atoms. The smallest absolute Gasteiger partial charge is 0.310 e. The molecule has 4 unspecified atom stereocenters. The molecule has 0 N–H and O–H groups in total. The molecule has 140 valence electrons. The summed E-state index contributed by atoms with van der Waals surface area (Å²) in [6.45, 7) is 0.484. The molecule has 4 nitrogen and oxygen atoms in total. The number of fused-ring (bicyclic) bond motifs is 2. The van der Waals surface area contributed by atoms with Crippen LogP contribution >= 0.6 is 0 Å². The number of allylic oxidation sites excluding steroid dienone is 2. The largest absolute Gasteiger partial charge is 0.459 e. The van der Waals surface area contributed by atoms with Gasteiger partial charge in [0, 0.05) is 5.92 Å². The Morgan fingerprint density at radius 1 is 1.04 bits per heavy atom. The minimum absolute atomic E-state index is 0.0374. The molecule has 3 saturated carbocycles. The van der Waals surface area contributed by atoms with Gasteiger partial charge >= 0.3 is 5.97 Å². The minimum Gasteiger partial charge on any atom is -0.459 e. The molecule has 4 aliphatic carbocycles. The van der Waals surface area contributed by atoms with E-state index < -0.39 is 0 Å². The van der Waals surface area contributed by atoms with Gasteiger partial charge in [0.1, 0.15) is 5.60 Å². The predicted molar refractivity (Wildman–Crippen MR) is 94.5 cm³/mol. The van der Waals surface area contributed by atoms with Crippen molar-refractivity contribution in [3.63, 3.8) is 0 Å². The summed E-state index contributed by atoms with van der Waals surface area (Å²) in [5.41, 5.74) is -0.177. The highest BCUT2D eigenvalue weighted by atomic mass is 17.2. The standard InChI is InChI=1S/C21H32O4/c1-23-24-14-18-15-9-10-16(13-15)19(18)20(22)25-21(11-5-2-6-12-21)17-7-3-4-8-17/h9-10,15-19H,2-8,11-14H2,1H3. The van der Waals surface area contributed by atoms with Crippen LogP contribution in [0.4, 0.5) is 0 Å². The van der Waals surface area contributed by atoms with Crippen LogP contribution in [0.5, 0.6) is 0 Å². The minimum atomic E-state index is -0.177. The predicted octanol–water partition coefficient (Wildman–Crippen LogP) is 4.44. The van der Waals surface area contributed by atoms with Crippen LogP contribution < -0.4 is 0 Å². The first-order valence-corrected chi connectivity index (χ1v) is 10.3. The van der Waals surface area contributed by atoms with Gasteiger partial charge in [0.2, 0.25) is 0 Å². The number of rotatable bonds is 6. The van der Waals surface area contributed by atoms with Crippen LogP contribution in [0, 0.1) is 29.6 Å². The van der Waals surface area contributed by atoms with Crippen molar-refractivity contribution in [2.45, 2.75) is 69.8 Å². The van der Waals surface area contributed by atoms with Crippen molar-refractivity contribution in [2.24, 2.45) is 29.6 Å². The summed E-state index contributed by atoms with van der Waals surface area (Å²) in [4.78, 5) is 23.3. The molecule has 0 spiro atoms. The summed E-state index contributed by atoms with van der Waals surface area (Å²) in [6.07, 6.45) is 16.4. The third-order valence-corrected chi connectivity index (χ3v) is 7.38. The van der Waals surface area contributed by atoms with E-state index in [1.807, 2.05) is 0 Å². The Bertz CT molecular complexity index is 502. The zero-order valence-corrected chi connectivity index (χ0v) is 15.5. The maximum Gasteiger partial charge on any atom is 0.310 e. The summed E-state index contributed by atoms with van der Waals surface area (Å²) in [6, 6.07) is 0. The normalized spacial score (nSPS) is 36.8. The summed E-state index contributed by atoms with van der Waals surface area (Å²) < 4.78 is 6.44. The number of esters is 1. The van der Waals surface area contributed by atoms with E-state index in [0.717, 1.165) is 19.3 Å². The fraction of sp³-hybridized carbons (Fsp3) is 0.857. The van der Waals surface area contributed by atoms with Crippen molar-refractivity contribution in [1.29, 1.82) is 0 Å². The molecule has 0 aromatic heterocycles. The van der Waals surface area contributed by atoms with Gasteiger partial charge in [-0.25, -0.2) is 9.78 Å². The second-order valence-corrected chi connectivity index (χ2v) is 8.62. The number of carbonyl (C=O) groups is 1. The van der Waals surface area contributed by atoms with Crippen LogP contribution in [0.15, 0.2) is 12.2 Å². The zero-order valence-electron chi connectivity index (χ0n) is 15.5. The molecule has 0 saturated heterocycles. The van der Waals surface area contributed by atoms with Gasteiger partial charge in [0.05, 0.1) is 19.6 Å². The Hall–Kier alpha value is -0.870. The first-order chi connectivity index (χ1) is 12.2. The lowest BCUT2D eigenvalue weighted by molar-refractivity contribution is -0.283. The summed E-state index contributed by atoms with van der Waals surface area (Å²) in [5.74, 6) is 1.53. The second kappa shape index (κ2) is 7.40. The highest BCUT2D eigenvalue weighted by molar-refractivity contribution is 5.75. The SMILES string of the molecule is COOCC1C2C=CC(C2)C1C(=O)OC1(C2CCCC2)CCCCC1. The topological polar surface area (TPSA) is 44.8 Å². The van der Waals surface area contributed by atoms with E-state index >= 15 is 0 Å². The van der Waals surface area contributed by atoms with E-state index in [-0.39, 0.29) is 23.4 Å². The van der Waals surface area contributed by atoms with Gasteiger partial charge in [0.25, 0.3) is 0 Å². The van der Waals surface area contributed by atoms with Crippen LogP contribution in [-0.4, -0.2) is 25.3 Å². The van der Waals surface area contributed by atoms with E-state index in [1.54, 1.807) is 0 Å². The van der Waals surface area contributed by atoms with Crippen LogP contribution in [0.2, 0.25) is 0 Å². The van der Waals surface area contributed by atoms with Gasteiger partial charge < -0.3 is 4.74 Å². The van der Waals surface area contributed by atoms with Crippen molar-refractivity contribution < 1.29 is 19.3 Å². The van der Waals surface area contributed by atoms with E-state index in [1.165, 1.54) is 52.1 Å². The molecule has 4 rings (SSSR count). The quantitative estimate of drug-likeness (QED) is 0.308. The van der Waals surface area contributed by atoms with Crippen molar-refractivity contribution in [2.75, 3.05) is 13.7 Å². The van der Waals surface area contributed by atoms with Crippen LogP contribution in [0.25, 0.3) is 0 Å². The molecule has 25 heavy (non-hydrogen) atoms. The van der Waals surface area contributed by atoms with Gasteiger partial charge in [-0.3, -0.25) is 4.79 Å². The molecule has 0 amide bonds. The lowest BCUT2D eigenvalue weighted by Crippen LogP contribution is -2.46. The Labute approximate surface area is 151 Å². The third kappa shape index (κ3) is 3.28. The Balaban J connectivity index is 1.49. The number of carbonyl (C=O) groups excluding carboxylic acids is 1. The highest BCUT2D eigenvalue weighted by Gasteiger charge is 2.52. The molecule has 4 aliphatic rings. The first kappa shape index (κ1) is 17.5. The second-order valence-electron chi connectivity index (χ2n) is 8.62. The first-order valence-electron chi connectivity index (χ1n) is 10.3.